The number of benzene rings is 2. The lowest BCUT2D eigenvalue weighted by Gasteiger charge is -2.15. The molecule has 9 heteroatoms. The maximum absolute atomic E-state index is 12.4. The number of carbonyl (C=O) groups excluding carboxylic acids is 3. The van der Waals surface area contributed by atoms with Gasteiger partial charge < -0.3 is 29.6 Å². The van der Waals surface area contributed by atoms with Gasteiger partial charge in [0.1, 0.15) is 5.56 Å². The first-order valence-corrected chi connectivity index (χ1v) is 8.53. The predicted octanol–water partition coefficient (Wildman–Crippen LogP) is 2.47. The molecule has 0 saturated heterocycles. The van der Waals surface area contributed by atoms with Gasteiger partial charge in [0.25, 0.3) is 5.91 Å². The topological polar surface area (TPSA) is 112 Å². The molecule has 0 radical (unpaired) electrons. The van der Waals surface area contributed by atoms with Crippen LogP contribution in [0.1, 0.15) is 17.3 Å². The van der Waals surface area contributed by atoms with Crippen LogP contribution in [0.5, 0.6) is 17.2 Å². The van der Waals surface area contributed by atoms with E-state index in [1.54, 1.807) is 24.3 Å². The van der Waals surface area contributed by atoms with E-state index in [2.05, 4.69) is 10.6 Å². The summed E-state index contributed by atoms with van der Waals surface area (Å²) in [4.78, 5) is 35.4. The molecule has 0 aliphatic heterocycles. The molecule has 0 bridgehead atoms. The third-order valence-corrected chi connectivity index (χ3v) is 3.75. The summed E-state index contributed by atoms with van der Waals surface area (Å²) in [5.41, 5.74) is 1.18. The van der Waals surface area contributed by atoms with Gasteiger partial charge in [-0.2, -0.15) is 0 Å². The van der Waals surface area contributed by atoms with Crippen molar-refractivity contribution in [3.63, 3.8) is 0 Å². The van der Waals surface area contributed by atoms with Gasteiger partial charge in [-0.1, -0.05) is 0 Å². The van der Waals surface area contributed by atoms with Crippen molar-refractivity contribution < 1.29 is 33.3 Å². The summed E-state index contributed by atoms with van der Waals surface area (Å²) < 4.78 is 20.7. The van der Waals surface area contributed by atoms with E-state index in [9.17, 15) is 14.4 Å². The number of rotatable bonds is 8. The van der Waals surface area contributed by atoms with Crippen LogP contribution in [0.4, 0.5) is 11.4 Å². The molecule has 0 aliphatic carbocycles. The minimum atomic E-state index is -0.751. The van der Waals surface area contributed by atoms with E-state index in [-0.39, 0.29) is 23.0 Å². The highest BCUT2D eigenvalue weighted by Gasteiger charge is 2.22. The Hall–Kier alpha value is -3.75. The summed E-state index contributed by atoms with van der Waals surface area (Å²) in [5, 5.41) is 5.21. The molecule has 2 amide bonds. The Labute approximate surface area is 167 Å². The van der Waals surface area contributed by atoms with Crippen LogP contribution < -0.4 is 24.8 Å². The number of methoxy groups -OCH3 is 3. The zero-order chi connectivity index (χ0) is 21.4. The molecule has 0 aliphatic rings. The summed E-state index contributed by atoms with van der Waals surface area (Å²) in [6, 6.07) is 9.50. The van der Waals surface area contributed by atoms with Crippen LogP contribution in [-0.4, -0.2) is 45.7 Å². The fraction of sp³-hybridized carbons (Fsp3) is 0.250. The van der Waals surface area contributed by atoms with Crippen LogP contribution in [0.15, 0.2) is 36.4 Å². The average molecular weight is 402 g/mol. The number of hydrogen-bond donors (Lipinski definition) is 2. The fourth-order valence-electron chi connectivity index (χ4n) is 2.51. The molecule has 9 nitrogen and oxygen atoms in total. The van der Waals surface area contributed by atoms with Gasteiger partial charge in [0.15, 0.2) is 18.1 Å². The van der Waals surface area contributed by atoms with E-state index in [4.69, 9.17) is 18.9 Å². The molecule has 2 rings (SSSR count). The predicted molar refractivity (Wildman–Crippen MR) is 106 cm³/mol. The number of ether oxygens (including phenoxy) is 4. The van der Waals surface area contributed by atoms with Gasteiger partial charge in [0.2, 0.25) is 11.7 Å². The van der Waals surface area contributed by atoms with E-state index < -0.39 is 18.5 Å². The number of carbonyl (C=O) groups is 3. The number of amides is 2. The number of esters is 1. The average Bonchev–Trinajstić information content (AvgIpc) is 2.71. The second-order valence-corrected chi connectivity index (χ2v) is 5.76. The van der Waals surface area contributed by atoms with Gasteiger partial charge in [-0.3, -0.25) is 9.59 Å². The Morgan fingerprint density at radius 3 is 1.90 bits per heavy atom. The largest absolute Gasteiger partial charge is 0.493 e. The van der Waals surface area contributed by atoms with Gasteiger partial charge in [-0.25, -0.2) is 4.79 Å². The monoisotopic (exact) mass is 402 g/mol. The lowest BCUT2D eigenvalue weighted by Crippen LogP contribution is -2.21. The minimum absolute atomic E-state index is 0.0950. The smallest absolute Gasteiger partial charge is 0.342 e. The van der Waals surface area contributed by atoms with Crippen molar-refractivity contribution in [1.29, 1.82) is 0 Å². The zero-order valence-electron chi connectivity index (χ0n) is 16.5. The molecule has 154 valence electrons. The van der Waals surface area contributed by atoms with Gasteiger partial charge in [0, 0.05) is 18.3 Å². The fourth-order valence-corrected chi connectivity index (χ4v) is 2.51. The Balaban J connectivity index is 2.00. The summed E-state index contributed by atoms with van der Waals surface area (Å²) in [7, 11) is 4.26. The third-order valence-electron chi connectivity index (χ3n) is 3.75. The second kappa shape index (κ2) is 9.98. The summed E-state index contributed by atoms with van der Waals surface area (Å²) >= 11 is 0. The highest BCUT2D eigenvalue weighted by atomic mass is 16.5. The lowest BCUT2D eigenvalue weighted by atomic mass is 10.1. The van der Waals surface area contributed by atoms with Crippen molar-refractivity contribution in [1.82, 2.24) is 0 Å². The van der Waals surface area contributed by atoms with E-state index in [0.717, 1.165) is 0 Å². The summed E-state index contributed by atoms with van der Waals surface area (Å²) in [6.07, 6.45) is 0. The minimum Gasteiger partial charge on any atom is -0.493 e. The number of anilines is 2. The first-order chi connectivity index (χ1) is 13.9. The molecule has 2 aromatic rings. The first-order valence-electron chi connectivity index (χ1n) is 8.53. The number of nitrogens with one attached hydrogen (secondary N) is 2. The molecule has 2 aromatic carbocycles. The van der Waals surface area contributed by atoms with Crippen LogP contribution in [0.25, 0.3) is 0 Å². The van der Waals surface area contributed by atoms with Gasteiger partial charge in [-0.05, 0) is 36.4 Å². The molecule has 29 heavy (non-hydrogen) atoms. The Morgan fingerprint density at radius 2 is 1.38 bits per heavy atom. The maximum atomic E-state index is 12.4. The SMILES string of the molecule is COc1ccc(C(=O)OCC(=O)Nc2ccc(NC(C)=O)cc2)c(OC)c1OC. The lowest BCUT2D eigenvalue weighted by molar-refractivity contribution is -0.119. The third kappa shape index (κ3) is 5.61. The maximum Gasteiger partial charge on any atom is 0.342 e. The van der Waals surface area contributed by atoms with Gasteiger partial charge >= 0.3 is 5.97 Å². The Bertz CT molecular complexity index is 894. The Morgan fingerprint density at radius 1 is 0.793 bits per heavy atom. The van der Waals surface area contributed by atoms with Crippen LogP contribution in [0, 0.1) is 0 Å². The molecule has 0 unspecified atom stereocenters. The number of hydrogen-bond acceptors (Lipinski definition) is 7. The van der Waals surface area contributed by atoms with Crippen LogP contribution in [-0.2, 0) is 14.3 Å². The highest BCUT2D eigenvalue weighted by molar-refractivity contribution is 5.98. The molecule has 0 saturated carbocycles. The van der Waals surface area contributed by atoms with Crippen molar-refractivity contribution in [2.45, 2.75) is 6.92 Å². The Kier molecular flexibility index (Phi) is 7.41. The van der Waals surface area contributed by atoms with Crippen LogP contribution in [0.2, 0.25) is 0 Å². The molecular weight excluding hydrogens is 380 g/mol. The van der Waals surface area contributed by atoms with Crippen molar-refractivity contribution >= 4 is 29.2 Å². The van der Waals surface area contributed by atoms with Crippen molar-refractivity contribution in [3.05, 3.63) is 42.0 Å². The molecule has 0 aromatic heterocycles. The van der Waals surface area contributed by atoms with E-state index >= 15 is 0 Å². The van der Waals surface area contributed by atoms with E-state index in [1.165, 1.54) is 40.4 Å². The molecule has 2 N–H and O–H groups in total. The summed E-state index contributed by atoms with van der Waals surface area (Å²) in [5.74, 6) is -0.691. The molecule has 0 fully saturated rings. The van der Waals surface area contributed by atoms with E-state index in [1.807, 2.05) is 0 Å². The van der Waals surface area contributed by atoms with Crippen molar-refractivity contribution in [2.24, 2.45) is 0 Å². The molecular formula is C20H22N2O7. The van der Waals surface area contributed by atoms with Crippen LogP contribution >= 0.6 is 0 Å². The zero-order valence-corrected chi connectivity index (χ0v) is 16.5. The van der Waals surface area contributed by atoms with Gasteiger partial charge in [-0.15, -0.1) is 0 Å². The van der Waals surface area contributed by atoms with Crippen molar-refractivity contribution in [3.8, 4) is 17.2 Å². The molecule has 0 heterocycles. The quantitative estimate of drug-likeness (QED) is 0.652. The van der Waals surface area contributed by atoms with E-state index in [0.29, 0.717) is 17.1 Å². The van der Waals surface area contributed by atoms with Gasteiger partial charge in [0.05, 0.1) is 21.3 Å². The standard InChI is InChI=1S/C20H22N2O7/c1-12(23)21-13-5-7-14(8-6-13)22-17(24)11-29-20(25)15-9-10-16(26-2)19(28-4)18(15)27-3/h5-10H,11H2,1-4H3,(H,21,23)(H,22,24). The first kappa shape index (κ1) is 21.5. The summed E-state index contributed by atoms with van der Waals surface area (Å²) in [6.45, 7) is 0.904. The normalized spacial score (nSPS) is 9.93. The van der Waals surface area contributed by atoms with Crippen molar-refractivity contribution in [2.75, 3.05) is 38.6 Å². The molecule has 0 spiro atoms. The van der Waals surface area contributed by atoms with Crippen LogP contribution in [0.3, 0.4) is 0 Å². The molecule has 0 atom stereocenters. The highest BCUT2D eigenvalue weighted by Crippen LogP contribution is 2.39. The second-order valence-electron chi connectivity index (χ2n) is 5.76.